The zero-order valence-corrected chi connectivity index (χ0v) is 11.0. The van der Waals surface area contributed by atoms with Gasteiger partial charge in [0.15, 0.2) is 0 Å². The smallest absolute Gasteiger partial charge is 0.387 e. The van der Waals surface area contributed by atoms with E-state index in [-0.39, 0.29) is 11.8 Å². The number of likely N-dealkylation sites (N-methyl/N-ethyl adjacent to an activating group) is 1. The molecule has 0 saturated carbocycles. The van der Waals surface area contributed by atoms with E-state index in [4.69, 9.17) is 11.6 Å². The van der Waals surface area contributed by atoms with E-state index >= 15 is 0 Å². The molecule has 0 fully saturated rings. The molecule has 1 rings (SSSR count). The predicted octanol–water partition coefficient (Wildman–Crippen LogP) is 3.95. The fourth-order valence-corrected chi connectivity index (χ4v) is 1.67. The highest BCUT2D eigenvalue weighted by molar-refractivity contribution is 6.30. The van der Waals surface area contributed by atoms with Crippen molar-refractivity contribution in [1.82, 2.24) is 5.32 Å². The lowest BCUT2D eigenvalue weighted by atomic mass is 10.1. The maximum atomic E-state index is 12.2. The fraction of sp³-hybridized carbons (Fsp3) is 0.385. The molecule has 0 bridgehead atoms. The molecule has 0 radical (unpaired) electrons. The van der Waals surface area contributed by atoms with Crippen LogP contribution in [-0.4, -0.2) is 19.2 Å². The normalized spacial score (nSPS) is 13.2. The number of halogens is 3. The summed E-state index contributed by atoms with van der Waals surface area (Å²) in [6.07, 6.45) is 3.59. The van der Waals surface area contributed by atoms with Gasteiger partial charge < -0.3 is 10.1 Å². The Bertz CT molecular complexity index is 410. The van der Waals surface area contributed by atoms with Crippen LogP contribution in [0.25, 0.3) is 6.08 Å². The van der Waals surface area contributed by atoms with Gasteiger partial charge in [0.2, 0.25) is 0 Å². The van der Waals surface area contributed by atoms with Crippen LogP contribution in [0.3, 0.4) is 0 Å². The second kappa shape index (κ2) is 7.34. The number of ether oxygens (including phenoxy) is 1. The zero-order valence-electron chi connectivity index (χ0n) is 10.3. The number of alkyl halides is 2. The maximum absolute atomic E-state index is 12.2. The summed E-state index contributed by atoms with van der Waals surface area (Å²) in [4.78, 5) is 0. The van der Waals surface area contributed by atoms with Gasteiger partial charge in [-0.05, 0) is 31.7 Å². The first-order valence-electron chi connectivity index (χ1n) is 5.69. The maximum Gasteiger partial charge on any atom is 0.387 e. The Kier molecular flexibility index (Phi) is 6.09. The van der Waals surface area contributed by atoms with Gasteiger partial charge in [0.25, 0.3) is 0 Å². The van der Waals surface area contributed by atoms with Crippen molar-refractivity contribution in [3.05, 3.63) is 34.9 Å². The van der Waals surface area contributed by atoms with E-state index in [9.17, 15) is 8.78 Å². The third kappa shape index (κ3) is 5.02. The molecule has 0 heterocycles. The van der Waals surface area contributed by atoms with Crippen molar-refractivity contribution in [3.8, 4) is 5.75 Å². The lowest BCUT2D eigenvalue weighted by molar-refractivity contribution is -0.0499. The number of hydrogen-bond acceptors (Lipinski definition) is 2. The van der Waals surface area contributed by atoms with Gasteiger partial charge in [0.05, 0.1) is 0 Å². The highest BCUT2D eigenvalue weighted by atomic mass is 35.5. The molecule has 5 heteroatoms. The average Bonchev–Trinajstić information content (AvgIpc) is 2.29. The van der Waals surface area contributed by atoms with Crippen LogP contribution < -0.4 is 10.1 Å². The molecule has 0 amide bonds. The summed E-state index contributed by atoms with van der Waals surface area (Å²) in [5.74, 6) is 0.120. The molecule has 0 saturated heterocycles. The van der Waals surface area contributed by atoms with Crippen LogP contribution in [0.5, 0.6) is 5.75 Å². The largest absolute Gasteiger partial charge is 0.434 e. The van der Waals surface area contributed by atoms with E-state index in [1.807, 2.05) is 19.9 Å². The minimum Gasteiger partial charge on any atom is -0.434 e. The quantitative estimate of drug-likeness (QED) is 0.849. The van der Waals surface area contributed by atoms with Crippen LogP contribution in [0.4, 0.5) is 8.78 Å². The molecule has 1 atom stereocenters. The van der Waals surface area contributed by atoms with Crippen molar-refractivity contribution < 1.29 is 13.5 Å². The SMILES string of the molecule is CCNC(C)/C=C/c1cc(Cl)ccc1OC(F)F. The Morgan fingerprint density at radius 2 is 2.17 bits per heavy atom. The third-order valence-electron chi connectivity index (χ3n) is 2.28. The van der Waals surface area contributed by atoms with Gasteiger partial charge in [-0.1, -0.05) is 30.7 Å². The monoisotopic (exact) mass is 275 g/mol. The van der Waals surface area contributed by atoms with E-state index in [1.165, 1.54) is 12.1 Å². The summed E-state index contributed by atoms with van der Waals surface area (Å²) in [7, 11) is 0. The van der Waals surface area contributed by atoms with Crippen LogP contribution in [-0.2, 0) is 0 Å². The Balaban J connectivity index is 2.87. The molecule has 0 aromatic heterocycles. The Morgan fingerprint density at radius 3 is 2.78 bits per heavy atom. The molecular weight excluding hydrogens is 260 g/mol. The molecule has 0 aliphatic carbocycles. The van der Waals surface area contributed by atoms with Crippen LogP contribution in [0.15, 0.2) is 24.3 Å². The van der Waals surface area contributed by atoms with Gasteiger partial charge in [-0.2, -0.15) is 8.78 Å². The molecule has 2 nitrogen and oxygen atoms in total. The third-order valence-corrected chi connectivity index (χ3v) is 2.51. The molecule has 1 N–H and O–H groups in total. The topological polar surface area (TPSA) is 21.3 Å². The summed E-state index contributed by atoms with van der Waals surface area (Å²) < 4.78 is 28.9. The lowest BCUT2D eigenvalue weighted by Gasteiger charge is -2.10. The first-order chi connectivity index (χ1) is 8.52. The molecule has 1 aromatic carbocycles. The average molecular weight is 276 g/mol. The van der Waals surface area contributed by atoms with Crippen molar-refractivity contribution in [2.24, 2.45) is 0 Å². The van der Waals surface area contributed by atoms with Gasteiger partial charge >= 0.3 is 6.61 Å². The highest BCUT2D eigenvalue weighted by Gasteiger charge is 2.08. The molecule has 100 valence electrons. The standard InChI is InChI=1S/C13H16ClF2NO/c1-3-17-9(2)4-5-10-8-11(14)6-7-12(10)18-13(15)16/h4-9,13,17H,3H2,1-2H3/b5-4+. The highest BCUT2D eigenvalue weighted by Crippen LogP contribution is 2.25. The molecule has 1 unspecified atom stereocenters. The van der Waals surface area contributed by atoms with Crippen molar-refractivity contribution in [1.29, 1.82) is 0 Å². The van der Waals surface area contributed by atoms with Crippen molar-refractivity contribution >= 4 is 17.7 Å². The molecular formula is C13H16ClF2NO. The van der Waals surface area contributed by atoms with Crippen molar-refractivity contribution in [2.45, 2.75) is 26.5 Å². The summed E-state index contributed by atoms with van der Waals surface area (Å²) in [6.45, 7) is 1.96. The zero-order chi connectivity index (χ0) is 13.5. The number of nitrogens with one attached hydrogen (secondary N) is 1. The molecule has 0 aliphatic rings. The number of hydrogen-bond donors (Lipinski definition) is 1. The Hall–Kier alpha value is -1.13. The predicted molar refractivity (Wildman–Crippen MR) is 70.3 cm³/mol. The molecule has 0 spiro atoms. The summed E-state index contributed by atoms with van der Waals surface area (Å²) >= 11 is 5.84. The first kappa shape index (κ1) is 14.9. The Labute approximate surface area is 111 Å². The molecule has 0 aliphatic heterocycles. The van der Waals surface area contributed by atoms with E-state index in [1.54, 1.807) is 12.1 Å². The first-order valence-corrected chi connectivity index (χ1v) is 6.06. The number of rotatable bonds is 6. The van der Waals surface area contributed by atoms with Crippen LogP contribution in [0.2, 0.25) is 5.02 Å². The molecule has 18 heavy (non-hydrogen) atoms. The van der Waals surface area contributed by atoms with Crippen LogP contribution >= 0.6 is 11.6 Å². The summed E-state index contributed by atoms with van der Waals surface area (Å²) in [6, 6.07) is 4.69. The van der Waals surface area contributed by atoms with E-state index in [0.29, 0.717) is 10.6 Å². The van der Waals surface area contributed by atoms with Gasteiger partial charge in [0, 0.05) is 16.6 Å². The van der Waals surface area contributed by atoms with E-state index in [0.717, 1.165) is 6.54 Å². The minimum absolute atomic E-state index is 0.120. The van der Waals surface area contributed by atoms with Crippen molar-refractivity contribution in [3.63, 3.8) is 0 Å². The minimum atomic E-state index is -2.84. The second-order valence-corrected chi connectivity index (χ2v) is 4.20. The van der Waals surface area contributed by atoms with Gasteiger partial charge in [0.1, 0.15) is 5.75 Å². The number of benzene rings is 1. The Morgan fingerprint density at radius 1 is 1.44 bits per heavy atom. The van der Waals surface area contributed by atoms with Gasteiger partial charge in [-0.25, -0.2) is 0 Å². The lowest BCUT2D eigenvalue weighted by Crippen LogP contribution is -2.22. The summed E-state index contributed by atoms with van der Waals surface area (Å²) in [5, 5.41) is 3.66. The summed E-state index contributed by atoms with van der Waals surface area (Å²) in [5.41, 5.74) is 0.535. The van der Waals surface area contributed by atoms with E-state index < -0.39 is 6.61 Å². The van der Waals surface area contributed by atoms with E-state index in [2.05, 4.69) is 10.1 Å². The fourth-order valence-electron chi connectivity index (χ4n) is 1.49. The van der Waals surface area contributed by atoms with Gasteiger partial charge in [-0.15, -0.1) is 0 Å². The second-order valence-electron chi connectivity index (χ2n) is 3.77. The van der Waals surface area contributed by atoms with Crippen molar-refractivity contribution in [2.75, 3.05) is 6.54 Å². The molecule has 1 aromatic rings. The van der Waals surface area contributed by atoms with Gasteiger partial charge in [-0.3, -0.25) is 0 Å². The van der Waals surface area contributed by atoms with Crippen LogP contribution in [0, 0.1) is 0 Å². The van der Waals surface area contributed by atoms with Crippen LogP contribution in [0.1, 0.15) is 19.4 Å².